The lowest BCUT2D eigenvalue weighted by atomic mass is 10.1. The van der Waals surface area contributed by atoms with Crippen LogP contribution in [0.4, 0.5) is 13.2 Å². The largest absolute Gasteiger partial charge is 0.507 e. The summed E-state index contributed by atoms with van der Waals surface area (Å²) in [4.78, 5) is 0. The fourth-order valence-corrected chi connectivity index (χ4v) is 1.64. The zero-order chi connectivity index (χ0) is 13.3. The van der Waals surface area contributed by atoms with Gasteiger partial charge in [0, 0.05) is 11.8 Å². The third-order valence-corrected chi connectivity index (χ3v) is 2.49. The van der Waals surface area contributed by atoms with Crippen LogP contribution in [0.15, 0.2) is 29.7 Å². The molecule has 0 radical (unpaired) electrons. The number of rotatable bonds is 2. The van der Waals surface area contributed by atoms with Gasteiger partial charge in [-0.25, -0.2) is 8.42 Å². The molecule has 0 aliphatic carbocycles. The summed E-state index contributed by atoms with van der Waals surface area (Å²) in [6.07, 6.45) is -3.60. The molecule has 1 aromatic carbocycles. The molecular weight excluding hydrogens is 257 g/mol. The minimum absolute atomic E-state index is 0.00317. The van der Waals surface area contributed by atoms with Gasteiger partial charge in [-0.15, -0.1) is 0 Å². The van der Waals surface area contributed by atoms with Crippen molar-refractivity contribution in [3.8, 4) is 0 Å². The summed E-state index contributed by atoms with van der Waals surface area (Å²) >= 11 is 0. The van der Waals surface area contributed by atoms with Gasteiger partial charge in [-0.3, -0.25) is 0 Å². The van der Waals surface area contributed by atoms with E-state index in [4.69, 9.17) is 0 Å². The van der Waals surface area contributed by atoms with Gasteiger partial charge in [0.05, 0.1) is 11.0 Å². The number of halogens is 3. The molecule has 0 spiro atoms. The summed E-state index contributed by atoms with van der Waals surface area (Å²) in [5.74, 6) is -0.596. The van der Waals surface area contributed by atoms with Crippen LogP contribution in [-0.2, 0) is 16.0 Å². The number of aliphatic hydroxyl groups is 1. The highest BCUT2D eigenvalue weighted by Gasteiger charge is 2.30. The maximum Gasteiger partial charge on any atom is 0.416 e. The lowest BCUT2D eigenvalue weighted by Crippen LogP contribution is -2.04. The molecule has 17 heavy (non-hydrogen) atoms. The van der Waals surface area contributed by atoms with Gasteiger partial charge in [-0.1, -0.05) is 12.1 Å². The predicted octanol–water partition coefficient (Wildman–Crippen LogP) is 2.61. The quantitative estimate of drug-likeness (QED) is 0.837. The molecule has 1 N–H and O–H groups in total. The van der Waals surface area contributed by atoms with Crippen LogP contribution in [-0.4, -0.2) is 19.8 Å². The van der Waals surface area contributed by atoms with Crippen LogP contribution in [0.3, 0.4) is 0 Å². The fourth-order valence-electron chi connectivity index (χ4n) is 1.10. The van der Waals surface area contributed by atoms with Crippen molar-refractivity contribution >= 4 is 15.6 Å². The van der Waals surface area contributed by atoms with Crippen LogP contribution in [0.2, 0.25) is 0 Å². The van der Waals surface area contributed by atoms with Crippen LogP contribution in [0.25, 0.3) is 5.76 Å². The Kier molecular flexibility index (Phi) is 3.51. The predicted molar refractivity (Wildman–Crippen MR) is 56.9 cm³/mol. The van der Waals surface area contributed by atoms with Crippen molar-refractivity contribution in [3.63, 3.8) is 0 Å². The van der Waals surface area contributed by atoms with Gasteiger partial charge >= 0.3 is 6.18 Å². The SMILES string of the molecule is CS(=O)(=O)C=C(O)c1ccc(C(F)(F)F)cc1. The molecule has 0 unspecified atom stereocenters. The molecule has 1 aromatic rings. The van der Waals surface area contributed by atoms with E-state index in [1.807, 2.05) is 0 Å². The van der Waals surface area contributed by atoms with E-state index in [0.717, 1.165) is 30.5 Å². The van der Waals surface area contributed by atoms with Crippen molar-refractivity contribution in [2.45, 2.75) is 6.18 Å². The highest BCUT2D eigenvalue weighted by molar-refractivity contribution is 7.93. The first-order valence-corrected chi connectivity index (χ1v) is 6.33. The molecule has 0 atom stereocenters. The van der Waals surface area contributed by atoms with E-state index in [1.165, 1.54) is 0 Å². The van der Waals surface area contributed by atoms with E-state index in [-0.39, 0.29) is 5.56 Å². The lowest BCUT2D eigenvalue weighted by molar-refractivity contribution is -0.137. The summed E-state index contributed by atoms with van der Waals surface area (Å²) in [5.41, 5.74) is -0.864. The van der Waals surface area contributed by atoms with Crippen LogP contribution >= 0.6 is 0 Å². The normalized spacial score (nSPS) is 13.8. The van der Waals surface area contributed by atoms with Crippen molar-refractivity contribution in [1.29, 1.82) is 0 Å². The van der Waals surface area contributed by atoms with E-state index in [2.05, 4.69) is 0 Å². The highest BCUT2D eigenvalue weighted by atomic mass is 32.2. The summed E-state index contributed by atoms with van der Waals surface area (Å²) in [7, 11) is -3.54. The van der Waals surface area contributed by atoms with Crippen molar-refractivity contribution in [3.05, 3.63) is 40.8 Å². The first-order valence-electron chi connectivity index (χ1n) is 4.38. The Bertz CT molecular complexity index is 527. The van der Waals surface area contributed by atoms with Crippen molar-refractivity contribution in [2.24, 2.45) is 0 Å². The standard InChI is InChI=1S/C10H9F3O3S/c1-17(15,16)6-9(14)7-2-4-8(5-3-7)10(11,12)13/h2-6,14H,1H3. The average Bonchev–Trinajstić information content (AvgIpc) is 2.14. The van der Waals surface area contributed by atoms with Gasteiger partial charge < -0.3 is 5.11 Å². The van der Waals surface area contributed by atoms with Crippen LogP contribution in [0.5, 0.6) is 0 Å². The van der Waals surface area contributed by atoms with Gasteiger partial charge in [-0.2, -0.15) is 13.2 Å². The van der Waals surface area contributed by atoms with Crippen LogP contribution in [0, 0.1) is 0 Å². The number of sulfone groups is 1. The molecule has 0 aliphatic rings. The fraction of sp³-hybridized carbons (Fsp3) is 0.200. The molecule has 0 saturated heterocycles. The Labute approximate surface area is 96.1 Å². The second-order valence-electron chi connectivity index (χ2n) is 3.41. The Hall–Kier alpha value is -1.50. The molecule has 0 aromatic heterocycles. The van der Waals surface area contributed by atoms with Gasteiger partial charge in [0.2, 0.25) is 0 Å². The van der Waals surface area contributed by atoms with E-state index in [9.17, 15) is 26.7 Å². The molecule has 0 bridgehead atoms. The van der Waals surface area contributed by atoms with Gasteiger partial charge in [0.25, 0.3) is 0 Å². The third-order valence-electron chi connectivity index (χ3n) is 1.83. The summed E-state index contributed by atoms with van der Waals surface area (Å²) in [5, 5.41) is 9.93. The molecule has 0 heterocycles. The molecule has 3 nitrogen and oxygen atoms in total. The van der Waals surface area contributed by atoms with Gasteiger partial charge in [-0.05, 0) is 12.1 Å². The monoisotopic (exact) mass is 266 g/mol. The van der Waals surface area contributed by atoms with Gasteiger partial charge in [0.15, 0.2) is 9.84 Å². The zero-order valence-corrected chi connectivity index (χ0v) is 9.51. The van der Waals surface area contributed by atoms with Crippen LogP contribution in [0.1, 0.15) is 11.1 Å². The van der Waals surface area contributed by atoms with E-state index in [0.29, 0.717) is 5.41 Å². The van der Waals surface area contributed by atoms with Crippen molar-refractivity contribution in [1.82, 2.24) is 0 Å². The molecule has 7 heteroatoms. The summed E-state index contributed by atoms with van der Waals surface area (Å²) in [6.45, 7) is 0. The summed E-state index contributed by atoms with van der Waals surface area (Å²) in [6, 6.07) is 3.53. The molecule has 0 aliphatic heterocycles. The Morgan fingerprint density at radius 1 is 1.24 bits per heavy atom. The number of hydrogen-bond donors (Lipinski definition) is 1. The molecule has 0 amide bonds. The van der Waals surface area contributed by atoms with Crippen LogP contribution < -0.4 is 0 Å². The number of alkyl halides is 3. The molecule has 0 fully saturated rings. The Morgan fingerprint density at radius 2 is 1.71 bits per heavy atom. The Balaban J connectivity index is 3.08. The summed E-state index contributed by atoms with van der Waals surface area (Å²) < 4.78 is 58.3. The molecule has 0 saturated carbocycles. The minimum atomic E-state index is -4.46. The number of aliphatic hydroxyl groups excluding tert-OH is 1. The Morgan fingerprint density at radius 3 is 2.06 bits per heavy atom. The van der Waals surface area contributed by atoms with E-state index in [1.54, 1.807) is 0 Å². The maximum atomic E-state index is 12.2. The number of hydrogen-bond acceptors (Lipinski definition) is 3. The van der Waals surface area contributed by atoms with Crippen molar-refractivity contribution < 1.29 is 26.7 Å². The third kappa shape index (κ3) is 4.10. The minimum Gasteiger partial charge on any atom is -0.507 e. The molecule has 94 valence electrons. The highest BCUT2D eigenvalue weighted by Crippen LogP contribution is 2.29. The first-order chi connectivity index (χ1) is 7.59. The molecular formula is C10H9F3O3S. The first kappa shape index (κ1) is 13.6. The van der Waals surface area contributed by atoms with Gasteiger partial charge in [0.1, 0.15) is 5.76 Å². The maximum absolute atomic E-state index is 12.2. The number of benzene rings is 1. The van der Waals surface area contributed by atoms with Crippen molar-refractivity contribution in [2.75, 3.05) is 6.26 Å². The second kappa shape index (κ2) is 4.40. The van der Waals surface area contributed by atoms with E-state index >= 15 is 0 Å². The smallest absolute Gasteiger partial charge is 0.416 e. The lowest BCUT2D eigenvalue weighted by Gasteiger charge is -2.07. The zero-order valence-electron chi connectivity index (χ0n) is 8.69. The second-order valence-corrected chi connectivity index (χ2v) is 5.30. The van der Waals surface area contributed by atoms with E-state index < -0.39 is 27.3 Å². The molecule has 1 rings (SSSR count). The average molecular weight is 266 g/mol. The topological polar surface area (TPSA) is 54.4 Å².